The maximum Gasteiger partial charge on any atom is 0.233 e. The second-order valence-corrected chi connectivity index (χ2v) is 9.56. The van der Waals surface area contributed by atoms with Gasteiger partial charge in [0.1, 0.15) is 12.4 Å². The molecule has 7 nitrogen and oxygen atoms in total. The van der Waals surface area contributed by atoms with Gasteiger partial charge in [-0.15, -0.1) is 10.2 Å². The maximum atomic E-state index is 13.0. The largest absolute Gasteiger partial charge is 0.485 e. The molecule has 0 unspecified atom stereocenters. The van der Waals surface area contributed by atoms with E-state index in [0.29, 0.717) is 16.7 Å². The summed E-state index contributed by atoms with van der Waals surface area (Å²) in [6.45, 7) is 5.40. The molecule has 184 valence electrons. The molecule has 1 aliphatic rings. The molecule has 4 aromatic rings. The van der Waals surface area contributed by atoms with Crippen LogP contribution in [0.4, 0.5) is 5.69 Å². The van der Waals surface area contributed by atoms with Crippen molar-refractivity contribution in [2.45, 2.75) is 18.7 Å². The van der Waals surface area contributed by atoms with Crippen molar-refractivity contribution in [2.75, 3.05) is 36.8 Å². The number of hydrogen-bond acceptors (Lipinski definition) is 6. The summed E-state index contributed by atoms with van der Waals surface area (Å²) in [6, 6.07) is 28.2. The van der Waals surface area contributed by atoms with Crippen LogP contribution >= 0.6 is 11.8 Å². The number of para-hydroxylation sites is 3. The SMILES string of the molecule is Cc1ccccc1OCc1nnc(SCC(=O)N2CCN(c3ccccc3)CC2)n1-c1ccccc1. The first-order chi connectivity index (χ1) is 17.7. The molecule has 1 amide bonds. The molecule has 1 aromatic heterocycles. The number of anilines is 1. The topological polar surface area (TPSA) is 63.5 Å². The van der Waals surface area contributed by atoms with Crippen LogP contribution in [-0.4, -0.2) is 57.5 Å². The number of benzene rings is 3. The summed E-state index contributed by atoms with van der Waals surface area (Å²) < 4.78 is 8.03. The molecule has 0 aliphatic carbocycles. The number of amides is 1. The van der Waals surface area contributed by atoms with E-state index in [4.69, 9.17) is 4.74 Å². The van der Waals surface area contributed by atoms with Crippen LogP contribution in [0.15, 0.2) is 90.1 Å². The molecule has 36 heavy (non-hydrogen) atoms. The Morgan fingerprint density at radius 3 is 2.17 bits per heavy atom. The molecule has 0 N–H and O–H groups in total. The molecule has 0 radical (unpaired) electrons. The van der Waals surface area contributed by atoms with E-state index in [1.807, 2.05) is 89.2 Å². The van der Waals surface area contributed by atoms with Crippen molar-refractivity contribution < 1.29 is 9.53 Å². The maximum absolute atomic E-state index is 13.0. The van der Waals surface area contributed by atoms with Crippen LogP contribution in [0, 0.1) is 6.92 Å². The van der Waals surface area contributed by atoms with Crippen molar-refractivity contribution in [3.05, 3.63) is 96.3 Å². The van der Waals surface area contributed by atoms with Crippen LogP contribution in [0.25, 0.3) is 5.69 Å². The van der Waals surface area contributed by atoms with Gasteiger partial charge >= 0.3 is 0 Å². The van der Waals surface area contributed by atoms with Crippen LogP contribution in [0.2, 0.25) is 0 Å². The Hall–Kier alpha value is -3.78. The second kappa shape index (κ2) is 11.3. The lowest BCUT2D eigenvalue weighted by Gasteiger charge is -2.36. The molecule has 2 heterocycles. The van der Waals surface area contributed by atoms with Gasteiger partial charge in [-0.25, -0.2) is 0 Å². The number of rotatable bonds is 8. The Labute approximate surface area is 215 Å². The van der Waals surface area contributed by atoms with Crippen LogP contribution < -0.4 is 9.64 Å². The van der Waals surface area contributed by atoms with Gasteiger partial charge in [0.05, 0.1) is 5.75 Å². The highest BCUT2D eigenvalue weighted by molar-refractivity contribution is 7.99. The number of nitrogens with zero attached hydrogens (tertiary/aromatic N) is 5. The van der Waals surface area contributed by atoms with E-state index in [2.05, 4.69) is 27.2 Å². The van der Waals surface area contributed by atoms with E-state index in [-0.39, 0.29) is 12.5 Å². The Morgan fingerprint density at radius 1 is 0.833 bits per heavy atom. The number of hydrogen-bond donors (Lipinski definition) is 0. The van der Waals surface area contributed by atoms with E-state index < -0.39 is 0 Å². The summed E-state index contributed by atoms with van der Waals surface area (Å²) in [5.41, 5.74) is 3.21. The zero-order chi connectivity index (χ0) is 24.7. The Bertz CT molecular complexity index is 1290. The third-order valence-corrected chi connectivity index (χ3v) is 7.16. The molecule has 8 heteroatoms. The highest BCUT2D eigenvalue weighted by Gasteiger charge is 2.23. The molecular weight excluding hydrogens is 470 g/mol. The number of carbonyl (C=O) groups excluding carboxylic acids is 1. The van der Waals surface area contributed by atoms with Crippen molar-refractivity contribution in [3.63, 3.8) is 0 Å². The molecule has 0 atom stereocenters. The first-order valence-electron chi connectivity index (χ1n) is 12.1. The van der Waals surface area contributed by atoms with E-state index in [1.165, 1.54) is 17.4 Å². The smallest absolute Gasteiger partial charge is 0.233 e. The normalized spacial score (nSPS) is 13.6. The summed E-state index contributed by atoms with van der Waals surface area (Å²) in [6.07, 6.45) is 0. The lowest BCUT2D eigenvalue weighted by Crippen LogP contribution is -2.49. The van der Waals surface area contributed by atoms with Crippen molar-refractivity contribution >= 4 is 23.4 Å². The number of thioether (sulfide) groups is 1. The molecule has 1 saturated heterocycles. The standard InChI is InChI=1S/C28H29N5O2S/c1-22-10-8-9-15-25(22)35-20-26-29-30-28(33(26)24-13-6-3-7-14-24)36-21-27(34)32-18-16-31(17-19-32)23-11-4-2-5-12-23/h2-15H,16-21H2,1H3. The van der Waals surface area contributed by atoms with Gasteiger partial charge in [0, 0.05) is 37.6 Å². The third kappa shape index (κ3) is 5.54. The zero-order valence-electron chi connectivity index (χ0n) is 20.3. The fourth-order valence-corrected chi connectivity index (χ4v) is 5.13. The number of ether oxygens (including phenoxy) is 1. The van der Waals surface area contributed by atoms with Gasteiger partial charge in [-0.1, -0.05) is 66.4 Å². The van der Waals surface area contributed by atoms with Gasteiger partial charge < -0.3 is 14.5 Å². The van der Waals surface area contributed by atoms with Gasteiger partial charge in [-0.05, 0) is 42.8 Å². The summed E-state index contributed by atoms with van der Waals surface area (Å²) >= 11 is 1.42. The van der Waals surface area contributed by atoms with Gasteiger partial charge in [-0.3, -0.25) is 9.36 Å². The highest BCUT2D eigenvalue weighted by atomic mass is 32.2. The Morgan fingerprint density at radius 2 is 1.47 bits per heavy atom. The molecule has 0 spiro atoms. The van der Waals surface area contributed by atoms with Crippen molar-refractivity contribution in [1.29, 1.82) is 0 Å². The minimum absolute atomic E-state index is 0.119. The Kier molecular flexibility index (Phi) is 7.52. The predicted molar refractivity (Wildman–Crippen MR) is 143 cm³/mol. The van der Waals surface area contributed by atoms with E-state index in [0.717, 1.165) is 43.2 Å². The van der Waals surface area contributed by atoms with Crippen molar-refractivity contribution in [2.24, 2.45) is 0 Å². The van der Waals surface area contributed by atoms with E-state index in [1.54, 1.807) is 0 Å². The second-order valence-electron chi connectivity index (χ2n) is 8.62. The lowest BCUT2D eigenvalue weighted by molar-refractivity contribution is -0.128. The average molecular weight is 500 g/mol. The lowest BCUT2D eigenvalue weighted by atomic mass is 10.2. The predicted octanol–water partition coefficient (Wildman–Crippen LogP) is 4.60. The molecule has 3 aromatic carbocycles. The number of aryl methyl sites for hydroxylation is 1. The molecule has 0 saturated carbocycles. The number of carbonyl (C=O) groups is 1. The molecule has 1 fully saturated rings. The van der Waals surface area contributed by atoms with Gasteiger partial charge in [0.15, 0.2) is 11.0 Å². The fourth-order valence-electron chi connectivity index (χ4n) is 4.25. The van der Waals surface area contributed by atoms with Crippen molar-refractivity contribution in [1.82, 2.24) is 19.7 Å². The minimum Gasteiger partial charge on any atom is -0.485 e. The summed E-state index contributed by atoms with van der Waals surface area (Å²) in [4.78, 5) is 17.3. The molecule has 5 rings (SSSR count). The zero-order valence-corrected chi connectivity index (χ0v) is 21.1. The number of piperazine rings is 1. The van der Waals surface area contributed by atoms with Crippen LogP contribution in [0.1, 0.15) is 11.4 Å². The fraction of sp³-hybridized carbons (Fsp3) is 0.250. The van der Waals surface area contributed by atoms with Gasteiger partial charge in [0.25, 0.3) is 0 Å². The van der Waals surface area contributed by atoms with Gasteiger partial charge in [0.2, 0.25) is 5.91 Å². The summed E-state index contributed by atoms with van der Waals surface area (Å²) in [7, 11) is 0. The van der Waals surface area contributed by atoms with Crippen molar-refractivity contribution in [3.8, 4) is 11.4 Å². The quantitative estimate of drug-likeness (QED) is 0.330. The summed E-state index contributed by atoms with van der Waals surface area (Å²) in [5.74, 6) is 1.94. The number of aromatic nitrogens is 3. The van der Waals surface area contributed by atoms with Crippen LogP contribution in [0.5, 0.6) is 5.75 Å². The van der Waals surface area contributed by atoms with E-state index >= 15 is 0 Å². The molecule has 0 bridgehead atoms. The third-order valence-electron chi connectivity index (χ3n) is 6.24. The van der Waals surface area contributed by atoms with Crippen LogP contribution in [0.3, 0.4) is 0 Å². The van der Waals surface area contributed by atoms with E-state index in [9.17, 15) is 4.79 Å². The molecule has 1 aliphatic heterocycles. The first-order valence-corrected chi connectivity index (χ1v) is 13.1. The minimum atomic E-state index is 0.119. The summed E-state index contributed by atoms with van der Waals surface area (Å²) in [5, 5.41) is 9.50. The van der Waals surface area contributed by atoms with Gasteiger partial charge in [-0.2, -0.15) is 0 Å². The monoisotopic (exact) mass is 499 g/mol. The highest BCUT2D eigenvalue weighted by Crippen LogP contribution is 2.25. The first kappa shape index (κ1) is 23.9. The van der Waals surface area contributed by atoms with Crippen LogP contribution in [-0.2, 0) is 11.4 Å². The molecular formula is C28H29N5O2S. The Balaban J connectivity index is 1.24. The average Bonchev–Trinajstić information content (AvgIpc) is 3.35.